The average Bonchev–Trinajstić information content (AvgIpc) is 2.28. The zero-order valence-corrected chi connectivity index (χ0v) is 7.48. The number of hydrogen-bond donors (Lipinski definition) is 0. The fourth-order valence-corrected chi connectivity index (χ4v) is 1.25. The maximum absolute atomic E-state index is 5.55. The van der Waals surface area contributed by atoms with E-state index in [-0.39, 0.29) is 6.29 Å². The van der Waals surface area contributed by atoms with Crippen LogP contribution in [0, 0.1) is 0 Å². The summed E-state index contributed by atoms with van der Waals surface area (Å²) in [5.74, 6) is 0.698. The van der Waals surface area contributed by atoms with Crippen LogP contribution < -0.4 is 0 Å². The van der Waals surface area contributed by atoms with Gasteiger partial charge in [-0.25, -0.2) is 0 Å². The molecule has 0 radical (unpaired) electrons. The van der Waals surface area contributed by atoms with Crippen molar-refractivity contribution in [2.75, 3.05) is 19.1 Å². The van der Waals surface area contributed by atoms with Gasteiger partial charge in [0.05, 0.1) is 0 Å². The smallest absolute Gasteiger partial charge is 0.157 e. The summed E-state index contributed by atoms with van der Waals surface area (Å²) >= 11 is 5.55. The van der Waals surface area contributed by atoms with Crippen molar-refractivity contribution in [2.24, 2.45) is 0 Å². The van der Waals surface area contributed by atoms with E-state index in [9.17, 15) is 0 Å². The SMILES string of the molecule is ClCCCC1OCCCCO1. The van der Waals surface area contributed by atoms with E-state index >= 15 is 0 Å². The highest BCUT2D eigenvalue weighted by molar-refractivity contribution is 6.17. The maximum atomic E-state index is 5.55. The third-order valence-electron chi connectivity index (χ3n) is 1.72. The van der Waals surface area contributed by atoms with E-state index in [1.165, 1.54) is 0 Å². The van der Waals surface area contributed by atoms with Crippen LogP contribution in [-0.2, 0) is 9.47 Å². The molecule has 0 aromatic carbocycles. The first-order valence-corrected chi connectivity index (χ1v) is 4.76. The molecule has 1 aliphatic heterocycles. The lowest BCUT2D eigenvalue weighted by Crippen LogP contribution is -2.15. The molecule has 2 nitrogen and oxygen atoms in total. The Balaban J connectivity index is 2.09. The Labute approximate surface area is 72.8 Å². The molecule has 1 saturated heterocycles. The normalized spacial score (nSPS) is 21.5. The molecule has 0 aliphatic carbocycles. The lowest BCUT2D eigenvalue weighted by atomic mass is 10.3. The Hall–Kier alpha value is 0.210. The molecular formula is C8H15ClO2. The molecule has 3 heteroatoms. The lowest BCUT2D eigenvalue weighted by molar-refractivity contribution is -0.129. The molecule has 0 aromatic heterocycles. The highest BCUT2D eigenvalue weighted by Crippen LogP contribution is 2.10. The fourth-order valence-electron chi connectivity index (χ4n) is 1.09. The summed E-state index contributed by atoms with van der Waals surface area (Å²) in [7, 11) is 0. The zero-order chi connectivity index (χ0) is 7.94. The molecule has 66 valence electrons. The molecule has 0 atom stereocenters. The molecule has 1 aliphatic rings. The van der Waals surface area contributed by atoms with Gasteiger partial charge in [-0.15, -0.1) is 11.6 Å². The minimum absolute atomic E-state index is 0.0104. The third kappa shape index (κ3) is 3.94. The van der Waals surface area contributed by atoms with E-state index in [0.29, 0.717) is 5.88 Å². The van der Waals surface area contributed by atoms with Gasteiger partial charge in [0.15, 0.2) is 6.29 Å². The fraction of sp³-hybridized carbons (Fsp3) is 1.00. The molecule has 1 heterocycles. The number of hydrogen-bond acceptors (Lipinski definition) is 2. The maximum Gasteiger partial charge on any atom is 0.157 e. The van der Waals surface area contributed by atoms with E-state index in [2.05, 4.69) is 0 Å². The summed E-state index contributed by atoms with van der Waals surface area (Å²) in [5, 5.41) is 0. The number of alkyl halides is 1. The second-order valence-electron chi connectivity index (χ2n) is 2.71. The molecule has 0 saturated carbocycles. The predicted octanol–water partition coefficient (Wildman–Crippen LogP) is 2.16. The van der Waals surface area contributed by atoms with Crippen molar-refractivity contribution in [3.05, 3.63) is 0 Å². The first kappa shape index (κ1) is 9.30. The molecular weight excluding hydrogens is 164 g/mol. The summed E-state index contributed by atoms with van der Waals surface area (Å²) in [6.45, 7) is 1.68. The van der Waals surface area contributed by atoms with Crippen LogP contribution in [0.15, 0.2) is 0 Å². The highest BCUT2D eigenvalue weighted by atomic mass is 35.5. The van der Waals surface area contributed by atoms with E-state index in [0.717, 1.165) is 38.9 Å². The quantitative estimate of drug-likeness (QED) is 0.617. The second-order valence-corrected chi connectivity index (χ2v) is 3.09. The van der Waals surface area contributed by atoms with Gasteiger partial charge in [0.1, 0.15) is 0 Å². The van der Waals surface area contributed by atoms with Crippen LogP contribution in [0.25, 0.3) is 0 Å². The summed E-state index contributed by atoms with van der Waals surface area (Å²) in [6, 6.07) is 0. The number of ether oxygens (including phenoxy) is 2. The van der Waals surface area contributed by atoms with E-state index < -0.39 is 0 Å². The van der Waals surface area contributed by atoms with Crippen LogP contribution in [0.2, 0.25) is 0 Å². The Morgan fingerprint density at radius 2 is 1.82 bits per heavy atom. The first-order chi connectivity index (χ1) is 5.43. The molecule has 1 rings (SSSR count). The largest absolute Gasteiger partial charge is 0.353 e. The Morgan fingerprint density at radius 3 is 2.36 bits per heavy atom. The second kappa shape index (κ2) is 5.81. The third-order valence-corrected chi connectivity index (χ3v) is 1.99. The summed E-state index contributed by atoms with van der Waals surface area (Å²) in [6.07, 6.45) is 4.17. The predicted molar refractivity (Wildman–Crippen MR) is 44.9 cm³/mol. The van der Waals surface area contributed by atoms with Crippen molar-refractivity contribution in [3.8, 4) is 0 Å². The van der Waals surface area contributed by atoms with Crippen molar-refractivity contribution in [1.82, 2.24) is 0 Å². The molecule has 0 amide bonds. The molecule has 0 unspecified atom stereocenters. The van der Waals surface area contributed by atoms with E-state index in [4.69, 9.17) is 21.1 Å². The van der Waals surface area contributed by atoms with Crippen molar-refractivity contribution < 1.29 is 9.47 Å². The van der Waals surface area contributed by atoms with Gasteiger partial charge in [0.2, 0.25) is 0 Å². The highest BCUT2D eigenvalue weighted by Gasteiger charge is 2.11. The average molecular weight is 179 g/mol. The van der Waals surface area contributed by atoms with Crippen LogP contribution >= 0.6 is 11.6 Å². The Kier molecular flexibility index (Phi) is 4.91. The standard InChI is InChI=1S/C8H15ClO2/c9-5-3-4-8-10-6-1-2-7-11-8/h8H,1-7H2. The lowest BCUT2D eigenvalue weighted by Gasteiger charge is -2.13. The van der Waals surface area contributed by atoms with E-state index in [1.807, 2.05) is 0 Å². The van der Waals surface area contributed by atoms with Gasteiger partial charge in [-0.3, -0.25) is 0 Å². The van der Waals surface area contributed by atoms with Gasteiger partial charge in [0.25, 0.3) is 0 Å². The zero-order valence-electron chi connectivity index (χ0n) is 6.72. The molecule has 0 N–H and O–H groups in total. The minimum atomic E-state index is 0.0104. The van der Waals surface area contributed by atoms with Crippen LogP contribution in [0.4, 0.5) is 0 Å². The van der Waals surface area contributed by atoms with Gasteiger partial charge in [-0.2, -0.15) is 0 Å². The molecule has 0 bridgehead atoms. The summed E-state index contributed by atoms with van der Waals surface area (Å²) in [4.78, 5) is 0. The van der Waals surface area contributed by atoms with Crippen molar-refractivity contribution in [1.29, 1.82) is 0 Å². The van der Waals surface area contributed by atoms with Crippen LogP contribution in [-0.4, -0.2) is 25.4 Å². The van der Waals surface area contributed by atoms with Crippen molar-refractivity contribution in [2.45, 2.75) is 32.0 Å². The van der Waals surface area contributed by atoms with Crippen LogP contribution in [0.3, 0.4) is 0 Å². The molecule has 1 fully saturated rings. The van der Waals surface area contributed by atoms with E-state index in [1.54, 1.807) is 0 Å². The number of rotatable bonds is 3. The minimum Gasteiger partial charge on any atom is -0.353 e. The topological polar surface area (TPSA) is 18.5 Å². The van der Waals surface area contributed by atoms with Gasteiger partial charge in [-0.1, -0.05) is 0 Å². The molecule has 0 aromatic rings. The number of halogens is 1. The Morgan fingerprint density at radius 1 is 1.18 bits per heavy atom. The monoisotopic (exact) mass is 178 g/mol. The van der Waals surface area contributed by atoms with Gasteiger partial charge >= 0.3 is 0 Å². The first-order valence-electron chi connectivity index (χ1n) is 4.22. The summed E-state index contributed by atoms with van der Waals surface area (Å²) in [5.41, 5.74) is 0. The summed E-state index contributed by atoms with van der Waals surface area (Å²) < 4.78 is 10.8. The van der Waals surface area contributed by atoms with Crippen molar-refractivity contribution in [3.63, 3.8) is 0 Å². The van der Waals surface area contributed by atoms with Gasteiger partial charge in [0, 0.05) is 19.1 Å². The van der Waals surface area contributed by atoms with Crippen LogP contribution in [0.5, 0.6) is 0 Å². The van der Waals surface area contributed by atoms with Crippen molar-refractivity contribution >= 4 is 11.6 Å². The van der Waals surface area contributed by atoms with Gasteiger partial charge in [-0.05, 0) is 25.7 Å². The van der Waals surface area contributed by atoms with Gasteiger partial charge < -0.3 is 9.47 Å². The Bertz CT molecular complexity index is 90.1. The van der Waals surface area contributed by atoms with Crippen LogP contribution in [0.1, 0.15) is 25.7 Å². The molecule has 11 heavy (non-hydrogen) atoms. The molecule has 0 spiro atoms.